The van der Waals surface area contributed by atoms with Gasteiger partial charge in [-0.25, -0.2) is 9.97 Å². The van der Waals surface area contributed by atoms with E-state index in [9.17, 15) is 9.90 Å². The molecule has 3 rings (SSSR count). The topological polar surface area (TPSA) is 87.6 Å². The molecule has 1 saturated heterocycles. The van der Waals surface area contributed by atoms with Gasteiger partial charge in [0.05, 0.1) is 13.2 Å². The normalized spacial score (nSPS) is 15.4. The first-order chi connectivity index (χ1) is 16.3. The fraction of sp³-hybridized carbons (Fsp3) is 0.593. The number of amides is 1. The van der Waals surface area contributed by atoms with Crippen LogP contribution in [0.25, 0.3) is 0 Å². The number of aliphatic hydroxyl groups excluding tert-OH is 1. The molecule has 1 atom stereocenters. The number of carbonyl (C=O) groups excluding carboxylic acids is 1. The third kappa shape index (κ3) is 6.92. The van der Waals surface area contributed by atoms with Crippen LogP contribution in [0.3, 0.4) is 0 Å². The Morgan fingerprint density at radius 2 is 1.76 bits per heavy atom. The minimum Gasteiger partial charge on any atom is -0.494 e. The largest absolute Gasteiger partial charge is 0.494 e. The van der Waals surface area contributed by atoms with Crippen molar-refractivity contribution in [3.05, 3.63) is 46.8 Å². The minimum absolute atomic E-state index is 0.0801. The van der Waals surface area contributed by atoms with E-state index in [0.717, 1.165) is 61.6 Å². The molecule has 0 radical (unpaired) electrons. The Labute approximate surface area is 204 Å². The molecule has 2 aromatic rings. The number of aliphatic hydroxyl groups is 1. The van der Waals surface area contributed by atoms with E-state index in [1.807, 2.05) is 38.4 Å². The van der Waals surface area contributed by atoms with Gasteiger partial charge in [0.25, 0.3) is 5.91 Å². The maximum Gasteiger partial charge on any atom is 0.252 e. The summed E-state index contributed by atoms with van der Waals surface area (Å²) in [5.41, 5.74) is 3.60. The predicted molar refractivity (Wildman–Crippen MR) is 136 cm³/mol. The zero-order valence-corrected chi connectivity index (χ0v) is 21.3. The van der Waals surface area contributed by atoms with Crippen molar-refractivity contribution in [2.24, 2.45) is 5.92 Å². The van der Waals surface area contributed by atoms with Crippen LogP contribution in [-0.2, 0) is 0 Å². The standard InChI is InChI=1S/C27H40N4O3/c1-18(2)23-15-28-27(29-16-23)31-10-8-22(9-11-31)7-6-12-34-24-13-19(3)25(20(4)14-24)26(33)30-21(5)17-32/h13-16,18,21-22,32H,6-12,17H2,1-5H3,(H,30,33)/t21-/m1/s1. The SMILES string of the molecule is Cc1cc(OCCCC2CCN(c3ncc(C(C)C)cn3)CC2)cc(C)c1C(=O)N[C@H](C)CO. The van der Waals surface area contributed by atoms with Crippen LogP contribution in [0.1, 0.15) is 79.4 Å². The van der Waals surface area contributed by atoms with Crippen molar-refractivity contribution in [3.8, 4) is 5.75 Å². The lowest BCUT2D eigenvalue weighted by atomic mass is 9.92. The zero-order chi connectivity index (χ0) is 24.7. The molecule has 0 unspecified atom stereocenters. The van der Waals surface area contributed by atoms with Crippen molar-refractivity contribution in [1.82, 2.24) is 15.3 Å². The summed E-state index contributed by atoms with van der Waals surface area (Å²) in [6.45, 7) is 12.5. The first kappa shape index (κ1) is 25.9. The van der Waals surface area contributed by atoms with Gasteiger partial charge in [0.1, 0.15) is 5.75 Å². The van der Waals surface area contributed by atoms with Crippen LogP contribution in [0.2, 0.25) is 0 Å². The molecule has 7 nitrogen and oxygen atoms in total. The number of piperidine rings is 1. The Hall–Kier alpha value is -2.67. The number of carbonyl (C=O) groups is 1. The number of nitrogens with zero attached hydrogens (tertiary/aromatic N) is 3. The summed E-state index contributed by atoms with van der Waals surface area (Å²) < 4.78 is 6.01. The van der Waals surface area contributed by atoms with E-state index in [2.05, 4.69) is 34.0 Å². The molecular formula is C27H40N4O3. The number of aryl methyl sites for hydroxylation is 2. The fourth-order valence-electron chi connectivity index (χ4n) is 4.48. The fourth-order valence-corrected chi connectivity index (χ4v) is 4.48. The average molecular weight is 469 g/mol. The Morgan fingerprint density at radius 3 is 2.32 bits per heavy atom. The first-order valence-corrected chi connectivity index (χ1v) is 12.5. The van der Waals surface area contributed by atoms with Gasteiger partial charge in [0, 0.05) is 37.1 Å². The average Bonchev–Trinajstić information content (AvgIpc) is 2.81. The van der Waals surface area contributed by atoms with Crippen LogP contribution in [0, 0.1) is 19.8 Å². The smallest absolute Gasteiger partial charge is 0.252 e. The summed E-state index contributed by atoms with van der Waals surface area (Å²) in [7, 11) is 0. The van der Waals surface area contributed by atoms with Crippen LogP contribution < -0.4 is 15.0 Å². The number of nitrogens with one attached hydrogen (secondary N) is 1. The van der Waals surface area contributed by atoms with Crippen LogP contribution >= 0.6 is 0 Å². The molecule has 0 saturated carbocycles. The highest BCUT2D eigenvalue weighted by molar-refractivity contribution is 5.97. The summed E-state index contributed by atoms with van der Waals surface area (Å²) in [6, 6.07) is 3.58. The molecule has 1 aliphatic heterocycles. The van der Waals surface area contributed by atoms with Crippen molar-refractivity contribution in [1.29, 1.82) is 0 Å². The van der Waals surface area contributed by atoms with Crippen molar-refractivity contribution in [2.75, 3.05) is 31.2 Å². The second-order valence-corrected chi connectivity index (χ2v) is 9.88. The second-order valence-electron chi connectivity index (χ2n) is 9.88. The Kier molecular flexibility index (Phi) is 9.28. The van der Waals surface area contributed by atoms with Crippen LogP contribution in [0.15, 0.2) is 24.5 Å². The molecular weight excluding hydrogens is 428 g/mol. The maximum atomic E-state index is 12.5. The summed E-state index contributed by atoms with van der Waals surface area (Å²) >= 11 is 0. The zero-order valence-electron chi connectivity index (χ0n) is 21.3. The molecule has 1 aromatic heterocycles. The van der Waals surface area contributed by atoms with E-state index in [0.29, 0.717) is 24.0 Å². The molecule has 186 valence electrons. The van der Waals surface area contributed by atoms with Gasteiger partial charge < -0.3 is 20.1 Å². The molecule has 1 aliphatic rings. The van der Waals surface area contributed by atoms with Gasteiger partial charge in [-0.2, -0.15) is 0 Å². The van der Waals surface area contributed by atoms with Crippen LogP contribution in [0.4, 0.5) is 5.95 Å². The summed E-state index contributed by atoms with van der Waals surface area (Å²) in [6.07, 6.45) is 8.38. The Bertz CT molecular complexity index is 914. The molecule has 34 heavy (non-hydrogen) atoms. The number of rotatable bonds is 10. The van der Waals surface area contributed by atoms with E-state index in [-0.39, 0.29) is 18.6 Å². The van der Waals surface area contributed by atoms with Crippen molar-refractivity contribution in [3.63, 3.8) is 0 Å². The number of ether oxygens (including phenoxy) is 1. The molecule has 1 aromatic carbocycles. The van der Waals surface area contributed by atoms with Crippen LogP contribution in [0.5, 0.6) is 5.75 Å². The highest BCUT2D eigenvalue weighted by atomic mass is 16.5. The predicted octanol–water partition coefficient (Wildman–Crippen LogP) is 4.40. The number of benzene rings is 1. The molecule has 0 bridgehead atoms. The third-order valence-electron chi connectivity index (χ3n) is 6.63. The first-order valence-electron chi connectivity index (χ1n) is 12.5. The molecule has 1 fully saturated rings. The molecule has 2 heterocycles. The van der Waals surface area contributed by atoms with Crippen molar-refractivity contribution in [2.45, 2.75) is 72.3 Å². The van der Waals surface area contributed by atoms with Gasteiger partial charge in [0.2, 0.25) is 5.95 Å². The molecule has 0 aliphatic carbocycles. The lowest BCUT2D eigenvalue weighted by molar-refractivity contribution is 0.0921. The lowest BCUT2D eigenvalue weighted by Crippen LogP contribution is -2.35. The third-order valence-corrected chi connectivity index (χ3v) is 6.63. The number of hydrogen-bond donors (Lipinski definition) is 2. The van der Waals surface area contributed by atoms with Crippen LogP contribution in [-0.4, -0.2) is 53.3 Å². The van der Waals surface area contributed by atoms with Gasteiger partial charge in [-0.05, 0) is 87.1 Å². The number of aromatic nitrogens is 2. The summed E-state index contributed by atoms with van der Waals surface area (Å²) in [4.78, 5) is 23.9. The highest BCUT2D eigenvalue weighted by Gasteiger charge is 2.21. The van der Waals surface area contributed by atoms with E-state index < -0.39 is 0 Å². The quantitative estimate of drug-likeness (QED) is 0.503. The van der Waals surface area contributed by atoms with Gasteiger partial charge in [-0.3, -0.25) is 4.79 Å². The van der Waals surface area contributed by atoms with E-state index in [1.54, 1.807) is 6.92 Å². The highest BCUT2D eigenvalue weighted by Crippen LogP contribution is 2.26. The molecule has 0 spiro atoms. The lowest BCUT2D eigenvalue weighted by Gasteiger charge is -2.32. The number of anilines is 1. The monoisotopic (exact) mass is 468 g/mol. The minimum atomic E-state index is -0.271. The Balaban J connectivity index is 1.41. The molecule has 2 N–H and O–H groups in total. The van der Waals surface area contributed by atoms with Gasteiger partial charge in [-0.15, -0.1) is 0 Å². The molecule has 7 heteroatoms. The Morgan fingerprint density at radius 1 is 1.15 bits per heavy atom. The molecule has 1 amide bonds. The summed E-state index contributed by atoms with van der Waals surface area (Å²) in [5, 5.41) is 12.0. The summed E-state index contributed by atoms with van der Waals surface area (Å²) in [5.74, 6) is 2.65. The van der Waals surface area contributed by atoms with E-state index >= 15 is 0 Å². The van der Waals surface area contributed by atoms with Gasteiger partial charge >= 0.3 is 0 Å². The van der Waals surface area contributed by atoms with Crippen molar-refractivity contribution < 1.29 is 14.6 Å². The van der Waals surface area contributed by atoms with Crippen molar-refractivity contribution >= 4 is 11.9 Å². The van der Waals surface area contributed by atoms with E-state index in [4.69, 9.17) is 4.74 Å². The van der Waals surface area contributed by atoms with E-state index in [1.165, 1.54) is 5.56 Å². The second kappa shape index (κ2) is 12.2. The van der Waals surface area contributed by atoms with Gasteiger partial charge in [-0.1, -0.05) is 13.8 Å². The maximum absolute atomic E-state index is 12.5. The van der Waals surface area contributed by atoms with Gasteiger partial charge in [0.15, 0.2) is 0 Å². The number of hydrogen-bond acceptors (Lipinski definition) is 6.